The Kier molecular flexibility index (Phi) is 2.44. The Bertz CT molecular complexity index is 217. The van der Waals surface area contributed by atoms with Gasteiger partial charge in [-0.05, 0) is 5.41 Å². The third kappa shape index (κ3) is 2.45. The second kappa shape index (κ2) is 3.00. The van der Waals surface area contributed by atoms with Gasteiger partial charge in [-0.15, -0.1) is 0 Å². The van der Waals surface area contributed by atoms with Crippen LogP contribution < -0.4 is 0 Å². The van der Waals surface area contributed by atoms with Gasteiger partial charge in [0.25, 0.3) is 0 Å². The topological polar surface area (TPSA) is 21.6 Å². The molecule has 0 amide bonds. The molecule has 2 nitrogen and oxygen atoms in total. The lowest BCUT2D eigenvalue weighted by molar-refractivity contribution is 0.223. The first-order valence-electron chi connectivity index (χ1n) is 4.92. The fraction of sp³-hybridized carbons (Fsp3) is 0.909. The highest BCUT2D eigenvalue weighted by Crippen LogP contribution is 2.30. The van der Waals surface area contributed by atoms with Crippen LogP contribution in [0.1, 0.15) is 41.5 Å². The van der Waals surface area contributed by atoms with E-state index in [2.05, 4.69) is 46.5 Å². The van der Waals surface area contributed by atoms with Crippen LogP contribution in [0.2, 0.25) is 0 Å². The molecule has 2 heteroatoms. The first-order chi connectivity index (χ1) is 5.71. The van der Waals surface area contributed by atoms with Crippen LogP contribution in [0.3, 0.4) is 0 Å². The summed E-state index contributed by atoms with van der Waals surface area (Å²) in [7, 11) is 0. The van der Waals surface area contributed by atoms with Crippen LogP contribution in [0.25, 0.3) is 0 Å². The van der Waals surface area contributed by atoms with Crippen LogP contribution in [0, 0.1) is 10.8 Å². The van der Waals surface area contributed by atoms with Gasteiger partial charge in [-0.2, -0.15) is 0 Å². The Labute approximate surface area is 81.4 Å². The van der Waals surface area contributed by atoms with E-state index in [1.54, 1.807) is 0 Å². The van der Waals surface area contributed by atoms with Crippen molar-refractivity contribution >= 4 is 5.90 Å². The van der Waals surface area contributed by atoms with E-state index in [1.165, 1.54) is 0 Å². The minimum Gasteiger partial charge on any atom is -0.478 e. The average Bonchev–Trinajstić information content (AvgIpc) is 2.28. The number of hydrogen-bond donors (Lipinski definition) is 0. The molecule has 1 rings (SSSR count). The quantitative estimate of drug-likeness (QED) is 0.566. The summed E-state index contributed by atoms with van der Waals surface area (Å²) in [5, 5.41) is 0. The summed E-state index contributed by atoms with van der Waals surface area (Å²) >= 11 is 0. The molecule has 1 atom stereocenters. The van der Waals surface area contributed by atoms with E-state index in [9.17, 15) is 0 Å². The first-order valence-corrected chi connectivity index (χ1v) is 4.92. The van der Waals surface area contributed by atoms with Gasteiger partial charge in [0.15, 0.2) is 5.90 Å². The maximum atomic E-state index is 5.61. The van der Waals surface area contributed by atoms with Crippen LogP contribution in [0.15, 0.2) is 4.99 Å². The van der Waals surface area contributed by atoms with Crippen molar-refractivity contribution in [3.8, 4) is 0 Å². The van der Waals surface area contributed by atoms with E-state index in [0.29, 0.717) is 6.04 Å². The van der Waals surface area contributed by atoms with E-state index in [-0.39, 0.29) is 10.8 Å². The molecule has 0 aliphatic carbocycles. The molecule has 13 heavy (non-hydrogen) atoms. The molecule has 0 fully saturated rings. The molecule has 0 aromatic carbocycles. The molecule has 0 saturated carbocycles. The largest absolute Gasteiger partial charge is 0.478 e. The summed E-state index contributed by atoms with van der Waals surface area (Å²) in [6, 6.07) is 0.321. The molecule has 1 heterocycles. The zero-order valence-electron chi connectivity index (χ0n) is 9.64. The Morgan fingerprint density at radius 2 is 1.69 bits per heavy atom. The Balaban J connectivity index is 2.76. The van der Waals surface area contributed by atoms with E-state index < -0.39 is 0 Å². The fourth-order valence-corrected chi connectivity index (χ4v) is 1.23. The van der Waals surface area contributed by atoms with Crippen LogP contribution in [-0.4, -0.2) is 18.5 Å². The van der Waals surface area contributed by atoms with Gasteiger partial charge in [-0.25, -0.2) is 4.99 Å². The number of nitrogens with zero attached hydrogens (tertiary/aromatic N) is 1. The van der Waals surface area contributed by atoms with E-state index in [4.69, 9.17) is 4.74 Å². The lowest BCUT2D eigenvalue weighted by Gasteiger charge is -2.22. The number of rotatable bonds is 0. The molecular weight excluding hydrogens is 162 g/mol. The van der Waals surface area contributed by atoms with E-state index in [1.807, 2.05) is 0 Å². The van der Waals surface area contributed by atoms with E-state index in [0.717, 1.165) is 12.5 Å². The summed E-state index contributed by atoms with van der Waals surface area (Å²) in [4.78, 5) is 4.62. The summed E-state index contributed by atoms with van der Waals surface area (Å²) in [5.74, 6) is 0.910. The van der Waals surface area contributed by atoms with Crippen LogP contribution in [0.4, 0.5) is 0 Å². The molecule has 0 unspecified atom stereocenters. The molecule has 0 radical (unpaired) electrons. The van der Waals surface area contributed by atoms with Crippen molar-refractivity contribution in [3.63, 3.8) is 0 Å². The maximum Gasteiger partial charge on any atom is 0.189 e. The second-order valence-corrected chi connectivity index (χ2v) is 5.88. The Morgan fingerprint density at radius 1 is 1.15 bits per heavy atom. The first kappa shape index (κ1) is 10.6. The summed E-state index contributed by atoms with van der Waals surface area (Å²) in [5.41, 5.74) is 0.271. The average molecular weight is 183 g/mol. The molecule has 0 saturated heterocycles. The maximum absolute atomic E-state index is 5.61. The van der Waals surface area contributed by atoms with Gasteiger partial charge >= 0.3 is 0 Å². The van der Waals surface area contributed by atoms with Gasteiger partial charge in [-0.3, -0.25) is 0 Å². The minimum atomic E-state index is 0.0556. The smallest absolute Gasteiger partial charge is 0.189 e. The molecule has 0 aromatic rings. The SMILES string of the molecule is CC(C)(C)C1=N[C@@H](C(C)(C)C)CO1. The van der Waals surface area contributed by atoms with Crippen molar-refractivity contribution < 1.29 is 4.74 Å². The van der Waals surface area contributed by atoms with Gasteiger partial charge < -0.3 is 4.74 Å². The highest BCUT2D eigenvalue weighted by atomic mass is 16.5. The molecule has 0 bridgehead atoms. The molecule has 0 aromatic heterocycles. The summed E-state index contributed by atoms with van der Waals surface area (Å²) < 4.78 is 5.61. The van der Waals surface area contributed by atoms with Crippen molar-refractivity contribution in [2.45, 2.75) is 47.6 Å². The zero-order valence-corrected chi connectivity index (χ0v) is 9.64. The van der Waals surface area contributed by atoms with Crippen molar-refractivity contribution in [1.29, 1.82) is 0 Å². The van der Waals surface area contributed by atoms with Gasteiger partial charge in [0.2, 0.25) is 0 Å². The zero-order chi connectivity index (χ0) is 10.3. The normalized spacial score (nSPS) is 24.2. The third-order valence-electron chi connectivity index (χ3n) is 2.29. The number of ether oxygens (including phenoxy) is 1. The standard InChI is InChI=1S/C11H21NO/c1-10(2,3)8-7-13-9(12-8)11(4,5)6/h8H,7H2,1-6H3/t8-/m1/s1. The lowest BCUT2D eigenvalue weighted by Crippen LogP contribution is -2.25. The highest BCUT2D eigenvalue weighted by molar-refractivity contribution is 5.82. The summed E-state index contributed by atoms with van der Waals surface area (Å²) in [6.45, 7) is 13.8. The fourth-order valence-electron chi connectivity index (χ4n) is 1.23. The molecule has 76 valence electrons. The predicted molar refractivity (Wildman–Crippen MR) is 56.1 cm³/mol. The van der Waals surface area contributed by atoms with Crippen molar-refractivity contribution in [2.75, 3.05) is 6.61 Å². The Morgan fingerprint density at radius 3 is 1.92 bits per heavy atom. The molecule has 1 aliphatic heterocycles. The van der Waals surface area contributed by atoms with Crippen LogP contribution in [-0.2, 0) is 4.74 Å². The van der Waals surface area contributed by atoms with Gasteiger partial charge in [0.05, 0.1) is 6.04 Å². The summed E-state index contributed by atoms with van der Waals surface area (Å²) in [6.07, 6.45) is 0. The van der Waals surface area contributed by atoms with E-state index >= 15 is 0 Å². The van der Waals surface area contributed by atoms with Crippen molar-refractivity contribution in [3.05, 3.63) is 0 Å². The van der Waals surface area contributed by atoms with Gasteiger partial charge in [0.1, 0.15) is 6.61 Å². The predicted octanol–water partition coefficient (Wildman–Crippen LogP) is 2.88. The Hall–Kier alpha value is -0.530. The monoisotopic (exact) mass is 183 g/mol. The number of aliphatic imine (C=N–C) groups is 1. The van der Waals surface area contributed by atoms with Gasteiger partial charge in [0, 0.05) is 5.41 Å². The number of hydrogen-bond acceptors (Lipinski definition) is 2. The second-order valence-electron chi connectivity index (χ2n) is 5.88. The highest BCUT2D eigenvalue weighted by Gasteiger charge is 2.34. The molecule has 0 N–H and O–H groups in total. The molecular formula is C11H21NO. The van der Waals surface area contributed by atoms with Crippen LogP contribution in [0.5, 0.6) is 0 Å². The lowest BCUT2D eigenvalue weighted by atomic mass is 9.88. The van der Waals surface area contributed by atoms with Crippen molar-refractivity contribution in [1.82, 2.24) is 0 Å². The van der Waals surface area contributed by atoms with Crippen LogP contribution >= 0.6 is 0 Å². The molecule has 0 spiro atoms. The molecule has 1 aliphatic rings. The minimum absolute atomic E-state index is 0.0556. The third-order valence-corrected chi connectivity index (χ3v) is 2.29. The van der Waals surface area contributed by atoms with Crippen molar-refractivity contribution in [2.24, 2.45) is 15.8 Å². The van der Waals surface area contributed by atoms with Gasteiger partial charge in [-0.1, -0.05) is 41.5 Å².